The summed E-state index contributed by atoms with van der Waals surface area (Å²) in [5.74, 6) is 1.20. The molecule has 1 N–H and O–H groups in total. The third-order valence-corrected chi connectivity index (χ3v) is 6.55. The highest BCUT2D eigenvalue weighted by atomic mass is 16.5. The molecule has 2 amide bonds. The summed E-state index contributed by atoms with van der Waals surface area (Å²) in [6.07, 6.45) is 8.35. The van der Waals surface area contributed by atoms with E-state index in [0.29, 0.717) is 31.1 Å². The second kappa shape index (κ2) is 7.74. The van der Waals surface area contributed by atoms with Gasteiger partial charge >= 0.3 is 0 Å². The Labute approximate surface area is 176 Å². The highest BCUT2D eigenvalue weighted by molar-refractivity contribution is 5.93. The molecular formula is C24H27N3O3. The van der Waals surface area contributed by atoms with E-state index in [2.05, 4.69) is 16.4 Å². The summed E-state index contributed by atoms with van der Waals surface area (Å²) >= 11 is 0. The zero-order valence-electron chi connectivity index (χ0n) is 17.0. The minimum Gasteiger partial charge on any atom is -0.487 e. The predicted molar refractivity (Wildman–Crippen MR) is 112 cm³/mol. The number of nitrogens with zero attached hydrogens (tertiary/aromatic N) is 2. The van der Waals surface area contributed by atoms with Gasteiger partial charge in [-0.15, -0.1) is 0 Å². The highest BCUT2D eigenvalue weighted by Gasteiger charge is 2.44. The van der Waals surface area contributed by atoms with Crippen molar-refractivity contribution in [3.63, 3.8) is 0 Å². The number of carbonyl (C=O) groups excluding carboxylic acids is 2. The average Bonchev–Trinajstić information content (AvgIpc) is 3.58. The number of carbonyl (C=O) groups is 2. The minimum absolute atomic E-state index is 0.0227. The third-order valence-electron chi connectivity index (χ3n) is 6.55. The van der Waals surface area contributed by atoms with Gasteiger partial charge in [-0.05, 0) is 43.0 Å². The summed E-state index contributed by atoms with van der Waals surface area (Å²) in [6, 6.07) is 12.1. The fourth-order valence-corrected chi connectivity index (χ4v) is 4.76. The summed E-state index contributed by atoms with van der Waals surface area (Å²) < 4.78 is 6.52. The average molecular weight is 405 g/mol. The van der Waals surface area contributed by atoms with E-state index >= 15 is 0 Å². The summed E-state index contributed by atoms with van der Waals surface area (Å²) in [5.41, 5.74) is 1.44. The number of benzene rings is 1. The van der Waals surface area contributed by atoms with Gasteiger partial charge in [-0.25, -0.2) is 0 Å². The molecule has 0 bridgehead atoms. The molecule has 5 rings (SSSR count). The molecule has 2 aromatic rings. The van der Waals surface area contributed by atoms with Crippen LogP contribution in [-0.4, -0.2) is 46.4 Å². The monoisotopic (exact) mass is 405 g/mol. The first kappa shape index (κ1) is 19.1. The number of likely N-dealkylation sites (tertiary alicyclic amines) is 1. The molecule has 1 aromatic carbocycles. The molecule has 30 heavy (non-hydrogen) atoms. The smallest absolute Gasteiger partial charge is 0.255 e. The standard InChI is InChI=1S/C24H27N3O3/c28-22(26-19-7-8-19)14-18-15-24(30-21-6-2-1-5-20(18)21)9-12-27(13-10-24)23(29)17-4-3-11-25-16-17/h1-6,11,16,18-19H,7-10,12-15H2,(H,26,28)/t18-/m1/s1. The van der Waals surface area contributed by atoms with Gasteiger partial charge in [-0.2, -0.15) is 0 Å². The molecule has 3 heterocycles. The number of amides is 2. The molecule has 6 heteroatoms. The lowest BCUT2D eigenvalue weighted by molar-refractivity contribution is -0.122. The van der Waals surface area contributed by atoms with Gasteiger partial charge in [0.05, 0.1) is 5.56 Å². The first-order valence-electron chi connectivity index (χ1n) is 10.9. The number of rotatable bonds is 4. The van der Waals surface area contributed by atoms with Crippen LogP contribution in [0.1, 0.15) is 60.4 Å². The van der Waals surface area contributed by atoms with Gasteiger partial charge < -0.3 is 15.0 Å². The van der Waals surface area contributed by atoms with Gasteiger partial charge in [0.15, 0.2) is 0 Å². The summed E-state index contributed by atoms with van der Waals surface area (Å²) in [5, 5.41) is 3.12. The van der Waals surface area contributed by atoms with E-state index in [1.165, 1.54) is 0 Å². The van der Waals surface area contributed by atoms with Gasteiger partial charge in [-0.3, -0.25) is 14.6 Å². The summed E-state index contributed by atoms with van der Waals surface area (Å²) in [6.45, 7) is 1.30. The lowest BCUT2D eigenvalue weighted by atomic mass is 9.76. The number of piperidine rings is 1. The van der Waals surface area contributed by atoms with E-state index < -0.39 is 0 Å². The molecule has 6 nitrogen and oxygen atoms in total. The Morgan fingerprint density at radius 3 is 2.67 bits per heavy atom. The van der Waals surface area contributed by atoms with Crippen molar-refractivity contribution in [2.24, 2.45) is 0 Å². The first-order valence-corrected chi connectivity index (χ1v) is 10.9. The summed E-state index contributed by atoms with van der Waals surface area (Å²) in [7, 11) is 0. The molecule has 1 spiro atoms. The van der Waals surface area contributed by atoms with E-state index in [0.717, 1.165) is 43.4 Å². The van der Waals surface area contributed by atoms with E-state index in [-0.39, 0.29) is 23.3 Å². The predicted octanol–water partition coefficient (Wildman–Crippen LogP) is 3.29. The van der Waals surface area contributed by atoms with Gasteiger partial charge in [0.25, 0.3) is 5.91 Å². The Morgan fingerprint density at radius 1 is 1.13 bits per heavy atom. The Kier molecular flexibility index (Phi) is 4.93. The molecule has 2 fully saturated rings. The van der Waals surface area contributed by atoms with Gasteiger partial charge in [-0.1, -0.05) is 18.2 Å². The Balaban J connectivity index is 1.30. The van der Waals surface area contributed by atoms with E-state index in [4.69, 9.17) is 4.74 Å². The van der Waals surface area contributed by atoms with Gasteiger partial charge in [0.2, 0.25) is 5.91 Å². The van der Waals surface area contributed by atoms with Crippen LogP contribution in [0.2, 0.25) is 0 Å². The van der Waals surface area contributed by atoms with Crippen molar-refractivity contribution < 1.29 is 14.3 Å². The second-order valence-corrected chi connectivity index (χ2v) is 8.80. The number of ether oxygens (including phenoxy) is 1. The maximum absolute atomic E-state index is 12.8. The van der Waals surface area contributed by atoms with Crippen LogP contribution in [0.3, 0.4) is 0 Å². The van der Waals surface area contributed by atoms with E-state index in [1.54, 1.807) is 18.5 Å². The Morgan fingerprint density at radius 2 is 1.93 bits per heavy atom. The molecule has 1 atom stereocenters. The maximum Gasteiger partial charge on any atom is 0.255 e. The lowest BCUT2D eigenvalue weighted by Gasteiger charge is -2.47. The topological polar surface area (TPSA) is 71.5 Å². The number of hydrogen-bond acceptors (Lipinski definition) is 4. The van der Waals surface area contributed by atoms with Crippen molar-refractivity contribution in [2.45, 2.75) is 56.1 Å². The van der Waals surface area contributed by atoms with Crippen LogP contribution < -0.4 is 10.1 Å². The number of para-hydroxylation sites is 1. The number of aromatic nitrogens is 1. The zero-order chi connectivity index (χ0) is 20.6. The van der Waals surface area contributed by atoms with Crippen molar-refractivity contribution in [3.8, 4) is 5.75 Å². The number of hydrogen-bond donors (Lipinski definition) is 1. The molecule has 2 aliphatic heterocycles. The van der Waals surface area contributed by atoms with Crippen LogP contribution in [0, 0.1) is 0 Å². The second-order valence-electron chi connectivity index (χ2n) is 8.80. The molecule has 0 radical (unpaired) electrons. The lowest BCUT2D eigenvalue weighted by Crippen LogP contribution is -2.52. The van der Waals surface area contributed by atoms with Crippen LogP contribution in [0.4, 0.5) is 0 Å². The first-order chi connectivity index (χ1) is 14.6. The van der Waals surface area contributed by atoms with Crippen molar-refractivity contribution >= 4 is 11.8 Å². The Bertz CT molecular complexity index is 934. The normalized spacial score (nSPS) is 22.1. The molecule has 1 aliphatic carbocycles. The van der Waals surface area contributed by atoms with Crippen LogP contribution in [-0.2, 0) is 4.79 Å². The molecule has 1 aromatic heterocycles. The van der Waals surface area contributed by atoms with Crippen molar-refractivity contribution in [2.75, 3.05) is 13.1 Å². The number of nitrogens with one attached hydrogen (secondary N) is 1. The zero-order valence-corrected chi connectivity index (χ0v) is 17.0. The molecule has 0 unspecified atom stereocenters. The minimum atomic E-state index is -0.315. The van der Waals surface area contributed by atoms with E-state index in [9.17, 15) is 9.59 Å². The quantitative estimate of drug-likeness (QED) is 0.847. The maximum atomic E-state index is 12.8. The number of pyridine rings is 1. The van der Waals surface area contributed by atoms with Crippen molar-refractivity contribution in [1.29, 1.82) is 0 Å². The van der Waals surface area contributed by atoms with Gasteiger partial charge in [0.1, 0.15) is 11.4 Å². The number of fused-ring (bicyclic) bond motifs is 1. The Hall–Kier alpha value is -2.89. The summed E-state index contributed by atoms with van der Waals surface area (Å²) in [4.78, 5) is 31.3. The fourth-order valence-electron chi connectivity index (χ4n) is 4.76. The highest BCUT2D eigenvalue weighted by Crippen LogP contribution is 2.46. The molecule has 156 valence electrons. The van der Waals surface area contributed by atoms with Crippen LogP contribution in [0.25, 0.3) is 0 Å². The van der Waals surface area contributed by atoms with Crippen molar-refractivity contribution in [1.82, 2.24) is 15.2 Å². The molecular weight excluding hydrogens is 378 g/mol. The van der Waals surface area contributed by atoms with Crippen molar-refractivity contribution in [3.05, 3.63) is 59.9 Å². The van der Waals surface area contributed by atoms with Gasteiger partial charge in [0, 0.05) is 56.7 Å². The third kappa shape index (κ3) is 3.91. The largest absolute Gasteiger partial charge is 0.487 e. The molecule has 3 aliphatic rings. The van der Waals surface area contributed by atoms with E-state index in [1.807, 2.05) is 29.2 Å². The van der Waals surface area contributed by atoms with Crippen LogP contribution in [0.5, 0.6) is 5.75 Å². The SMILES string of the molecule is O=C(C[C@@H]1CC2(CCN(C(=O)c3cccnc3)CC2)Oc2ccccc21)NC1CC1. The fraction of sp³-hybridized carbons (Fsp3) is 0.458. The molecule has 1 saturated heterocycles. The molecule has 1 saturated carbocycles. The van der Waals surface area contributed by atoms with Crippen LogP contribution in [0.15, 0.2) is 48.8 Å². The van der Waals surface area contributed by atoms with Crippen LogP contribution >= 0.6 is 0 Å².